The molecule has 9 heteroatoms. The molecule has 0 bridgehead atoms. The average molecular weight is 492 g/mol. The molecule has 1 saturated heterocycles. The Morgan fingerprint density at radius 1 is 0.886 bits per heavy atom. The van der Waals surface area contributed by atoms with Crippen molar-refractivity contribution in [2.24, 2.45) is 0 Å². The molecule has 0 aromatic heterocycles. The van der Waals surface area contributed by atoms with Gasteiger partial charge in [-0.3, -0.25) is 13.9 Å². The van der Waals surface area contributed by atoms with E-state index in [-0.39, 0.29) is 17.6 Å². The monoisotopic (exact) mass is 491 g/mol. The first-order valence-electron chi connectivity index (χ1n) is 11.0. The Morgan fingerprint density at radius 3 is 2.11 bits per heavy atom. The molecule has 0 atom stereocenters. The SMILES string of the molecule is COc1ccc(NC(=O)c2ccc(NC(=O)/C=C/c3ccc(N4CCCS4(=O)=O)cc3)cc2)cc1. The summed E-state index contributed by atoms with van der Waals surface area (Å²) in [7, 11) is -1.64. The molecule has 4 rings (SSSR count). The predicted octanol–water partition coefficient (Wildman–Crippen LogP) is 4.14. The lowest BCUT2D eigenvalue weighted by Gasteiger charge is -2.16. The highest BCUT2D eigenvalue weighted by Crippen LogP contribution is 2.24. The van der Waals surface area contributed by atoms with Crippen molar-refractivity contribution in [1.82, 2.24) is 0 Å². The van der Waals surface area contributed by atoms with Gasteiger partial charge in [-0.2, -0.15) is 0 Å². The number of rotatable bonds is 7. The third kappa shape index (κ3) is 6.07. The van der Waals surface area contributed by atoms with Crippen molar-refractivity contribution in [2.45, 2.75) is 6.42 Å². The van der Waals surface area contributed by atoms with Gasteiger partial charge in [0, 0.05) is 29.6 Å². The van der Waals surface area contributed by atoms with Gasteiger partial charge < -0.3 is 15.4 Å². The van der Waals surface area contributed by atoms with Crippen LogP contribution in [0.5, 0.6) is 5.75 Å². The molecule has 3 aromatic rings. The molecule has 1 fully saturated rings. The lowest BCUT2D eigenvalue weighted by Crippen LogP contribution is -2.24. The molecule has 1 heterocycles. The molecule has 0 spiro atoms. The summed E-state index contributed by atoms with van der Waals surface area (Å²) in [6.07, 6.45) is 3.67. The number of amides is 2. The topological polar surface area (TPSA) is 105 Å². The number of hydrogen-bond donors (Lipinski definition) is 2. The fourth-order valence-electron chi connectivity index (χ4n) is 3.62. The van der Waals surface area contributed by atoms with Crippen LogP contribution in [0.15, 0.2) is 78.9 Å². The van der Waals surface area contributed by atoms with E-state index in [0.717, 1.165) is 5.56 Å². The van der Waals surface area contributed by atoms with Gasteiger partial charge in [0.25, 0.3) is 5.91 Å². The first kappa shape index (κ1) is 24.0. The Morgan fingerprint density at radius 2 is 1.51 bits per heavy atom. The van der Waals surface area contributed by atoms with Crippen LogP contribution < -0.4 is 19.7 Å². The second-order valence-electron chi connectivity index (χ2n) is 7.92. The number of carbonyl (C=O) groups excluding carboxylic acids is 2. The predicted molar refractivity (Wildman–Crippen MR) is 137 cm³/mol. The highest BCUT2D eigenvalue weighted by molar-refractivity contribution is 7.93. The molecular weight excluding hydrogens is 466 g/mol. The molecule has 0 saturated carbocycles. The van der Waals surface area contributed by atoms with Crippen LogP contribution in [0.25, 0.3) is 6.08 Å². The van der Waals surface area contributed by atoms with Crippen LogP contribution in [0, 0.1) is 0 Å². The number of carbonyl (C=O) groups is 2. The normalized spacial score (nSPS) is 14.6. The largest absolute Gasteiger partial charge is 0.497 e. The molecule has 0 aliphatic carbocycles. The van der Waals surface area contributed by atoms with Crippen LogP contribution in [0.3, 0.4) is 0 Å². The molecule has 35 heavy (non-hydrogen) atoms. The summed E-state index contributed by atoms with van der Waals surface area (Å²) >= 11 is 0. The summed E-state index contributed by atoms with van der Waals surface area (Å²) in [4.78, 5) is 24.7. The van der Waals surface area contributed by atoms with E-state index in [1.165, 1.54) is 10.4 Å². The van der Waals surface area contributed by atoms with Gasteiger partial charge >= 0.3 is 0 Å². The zero-order valence-corrected chi connectivity index (χ0v) is 19.9. The zero-order chi connectivity index (χ0) is 24.8. The quantitative estimate of drug-likeness (QED) is 0.484. The standard InChI is InChI=1S/C26H25N3O5S/c1-34-24-14-10-22(11-15-24)28-26(31)20-6-8-21(9-7-20)27-25(30)16-5-19-3-12-23(13-4-19)29-17-2-18-35(29,32)33/h3-16H,2,17-18H2,1H3,(H,27,30)(H,28,31)/b16-5+. The lowest BCUT2D eigenvalue weighted by molar-refractivity contribution is -0.111. The van der Waals surface area contributed by atoms with Crippen molar-refractivity contribution in [3.63, 3.8) is 0 Å². The molecule has 2 amide bonds. The lowest BCUT2D eigenvalue weighted by atomic mass is 10.1. The van der Waals surface area contributed by atoms with Crippen molar-refractivity contribution in [2.75, 3.05) is 34.3 Å². The molecule has 0 unspecified atom stereocenters. The Labute approximate surface area is 204 Å². The summed E-state index contributed by atoms with van der Waals surface area (Å²) in [5, 5.41) is 5.55. The van der Waals surface area contributed by atoms with E-state index in [9.17, 15) is 18.0 Å². The van der Waals surface area contributed by atoms with Crippen LogP contribution in [-0.4, -0.2) is 39.6 Å². The smallest absolute Gasteiger partial charge is 0.255 e. The molecule has 8 nitrogen and oxygen atoms in total. The molecule has 180 valence electrons. The Balaban J connectivity index is 1.31. The van der Waals surface area contributed by atoms with Crippen molar-refractivity contribution < 1.29 is 22.7 Å². The van der Waals surface area contributed by atoms with Crippen molar-refractivity contribution >= 4 is 45.0 Å². The minimum atomic E-state index is -3.22. The van der Waals surface area contributed by atoms with Gasteiger partial charge in [-0.15, -0.1) is 0 Å². The van der Waals surface area contributed by atoms with E-state index in [1.807, 2.05) is 0 Å². The summed E-state index contributed by atoms with van der Waals surface area (Å²) in [5.41, 5.74) is 3.05. The third-order valence-electron chi connectivity index (χ3n) is 5.47. The number of hydrogen-bond acceptors (Lipinski definition) is 5. The summed E-state index contributed by atoms with van der Waals surface area (Å²) in [6, 6.07) is 20.6. The average Bonchev–Trinajstić information content (AvgIpc) is 3.22. The van der Waals surface area contributed by atoms with Gasteiger partial charge in [0.2, 0.25) is 15.9 Å². The van der Waals surface area contributed by atoms with E-state index < -0.39 is 10.0 Å². The van der Waals surface area contributed by atoms with Crippen LogP contribution >= 0.6 is 0 Å². The zero-order valence-electron chi connectivity index (χ0n) is 19.1. The first-order valence-corrected chi connectivity index (χ1v) is 12.6. The fourth-order valence-corrected chi connectivity index (χ4v) is 5.18. The summed E-state index contributed by atoms with van der Waals surface area (Å²) in [6.45, 7) is 0.488. The van der Waals surface area contributed by atoms with E-state index in [0.29, 0.717) is 41.3 Å². The van der Waals surface area contributed by atoms with Gasteiger partial charge in [0.05, 0.1) is 18.6 Å². The maximum Gasteiger partial charge on any atom is 0.255 e. The number of sulfonamides is 1. The molecule has 0 radical (unpaired) electrons. The van der Waals surface area contributed by atoms with Gasteiger partial charge in [0.15, 0.2) is 0 Å². The highest BCUT2D eigenvalue weighted by Gasteiger charge is 2.28. The van der Waals surface area contributed by atoms with Gasteiger partial charge in [-0.25, -0.2) is 8.42 Å². The summed E-state index contributed by atoms with van der Waals surface area (Å²) in [5.74, 6) is 0.278. The number of nitrogens with one attached hydrogen (secondary N) is 2. The molecule has 2 N–H and O–H groups in total. The van der Waals surface area contributed by atoms with Gasteiger partial charge in [0.1, 0.15) is 5.75 Å². The second-order valence-corrected chi connectivity index (χ2v) is 9.93. The Bertz CT molecular complexity index is 1330. The fraction of sp³-hybridized carbons (Fsp3) is 0.154. The Kier molecular flexibility index (Phi) is 7.17. The Hall–Kier alpha value is -4.11. The highest BCUT2D eigenvalue weighted by atomic mass is 32.2. The third-order valence-corrected chi connectivity index (χ3v) is 7.34. The van der Waals surface area contributed by atoms with Gasteiger partial charge in [-0.1, -0.05) is 12.1 Å². The van der Waals surface area contributed by atoms with Crippen LogP contribution in [-0.2, 0) is 14.8 Å². The van der Waals surface area contributed by atoms with E-state index in [2.05, 4.69) is 10.6 Å². The summed E-state index contributed by atoms with van der Waals surface area (Å²) < 4.78 is 30.6. The van der Waals surface area contributed by atoms with Crippen LogP contribution in [0.4, 0.5) is 17.1 Å². The van der Waals surface area contributed by atoms with E-state index >= 15 is 0 Å². The molecule has 1 aliphatic heterocycles. The number of methoxy groups -OCH3 is 1. The van der Waals surface area contributed by atoms with Gasteiger partial charge in [-0.05, 0) is 78.7 Å². The second kappa shape index (κ2) is 10.4. The van der Waals surface area contributed by atoms with Crippen molar-refractivity contribution in [3.05, 3.63) is 90.0 Å². The minimum Gasteiger partial charge on any atom is -0.497 e. The maximum atomic E-state index is 12.4. The number of nitrogens with zero attached hydrogens (tertiary/aromatic N) is 1. The number of anilines is 3. The number of ether oxygens (including phenoxy) is 1. The maximum absolute atomic E-state index is 12.4. The minimum absolute atomic E-state index is 0.170. The van der Waals surface area contributed by atoms with Crippen molar-refractivity contribution in [3.8, 4) is 5.75 Å². The van der Waals surface area contributed by atoms with Crippen molar-refractivity contribution in [1.29, 1.82) is 0 Å². The molecule has 1 aliphatic rings. The molecular formula is C26H25N3O5S. The van der Waals surface area contributed by atoms with E-state index in [4.69, 9.17) is 4.74 Å². The first-order chi connectivity index (χ1) is 16.8. The molecule has 3 aromatic carbocycles. The number of benzene rings is 3. The van der Waals surface area contributed by atoms with Crippen LogP contribution in [0.1, 0.15) is 22.3 Å². The van der Waals surface area contributed by atoms with Crippen LogP contribution in [0.2, 0.25) is 0 Å². The van der Waals surface area contributed by atoms with E-state index in [1.54, 1.807) is 86.0 Å².